The van der Waals surface area contributed by atoms with Gasteiger partial charge in [0.15, 0.2) is 0 Å². The van der Waals surface area contributed by atoms with E-state index < -0.39 is 0 Å². The van der Waals surface area contributed by atoms with Crippen LogP contribution in [0.4, 0.5) is 0 Å². The lowest BCUT2D eigenvalue weighted by Gasteiger charge is -2.13. The Bertz CT molecular complexity index is 405. The van der Waals surface area contributed by atoms with Gasteiger partial charge in [-0.1, -0.05) is 0 Å². The van der Waals surface area contributed by atoms with Crippen molar-refractivity contribution < 1.29 is 14.6 Å². The molecule has 0 bridgehead atoms. The third-order valence-corrected chi connectivity index (χ3v) is 3.18. The monoisotopic (exact) mass is 253 g/mol. The Labute approximate surface area is 106 Å². The zero-order chi connectivity index (χ0) is 13.0. The standard InChI is InChI=1S/C12H19N3O3/c1-18-12(17)10-3-2-9(15-10)6-13-4-8-5-14-7-11(8)16/h2-3,8,11,13-16H,4-7H2,1H3. The highest BCUT2D eigenvalue weighted by Gasteiger charge is 2.24. The maximum atomic E-state index is 11.2. The lowest BCUT2D eigenvalue weighted by Crippen LogP contribution is -2.30. The van der Waals surface area contributed by atoms with Crippen LogP contribution in [0.3, 0.4) is 0 Å². The maximum Gasteiger partial charge on any atom is 0.354 e. The van der Waals surface area contributed by atoms with Crippen molar-refractivity contribution in [1.29, 1.82) is 0 Å². The molecule has 100 valence electrons. The summed E-state index contributed by atoms with van der Waals surface area (Å²) in [5, 5.41) is 16.0. The Morgan fingerprint density at radius 1 is 1.56 bits per heavy atom. The summed E-state index contributed by atoms with van der Waals surface area (Å²) in [6.07, 6.45) is -0.272. The number of aliphatic hydroxyl groups is 1. The van der Waals surface area contributed by atoms with Crippen LogP contribution in [0.5, 0.6) is 0 Å². The van der Waals surface area contributed by atoms with Crippen LogP contribution in [0.2, 0.25) is 0 Å². The van der Waals surface area contributed by atoms with Crippen LogP contribution in [0.25, 0.3) is 0 Å². The molecule has 18 heavy (non-hydrogen) atoms. The second-order valence-electron chi connectivity index (χ2n) is 4.51. The predicted octanol–water partition coefficient (Wildman–Crippen LogP) is -0.529. The largest absolute Gasteiger partial charge is 0.464 e. The summed E-state index contributed by atoms with van der Waals surface area (Å²) in [6.45, 7) is 2.90. The van der Waals surface area contributed by atoms with Crippen molar-refractivity contribution >= 4 is 5.97 Å². The zero-order valence-electron chi connectivity index (χ0n) is 10.4. The molecule has 1 aromatic rings. The number of ether oxygens (including phenoxy) is 1. The molecule has 1 saturated heterocycles. The van der Waals surface area contributed by atoms with Crippen molar-refractivity contribution in [1.82, 2.24) is 15.6 Å². The minimum Gasteiger partial charge on any atom is -0.464 e. The average molecular weight is 253 g/mol. The lowest BCUT2D eigenvalue weighted by atomic mass is 10.1. The van der Waals surface area contributed by atoms with E-state index in [1.54, 1.807) is 6.07 Å². The van der Waals surface area contributed by atoms with Gasteiger partial charge < -0.3 is 25.5 Å². The third-order valence-electron chi connectivity index (χ3n) is 3.18. The maximum absolute atomic E-state index is 11.2. The fraction of sp³-hybridized carbons (Fsp3) is 0.583. The first-order chi connectivity index (χ1) is 8.70. The number of carbonyl (C=O) groups is 1. The minimum atomic E-state index is -0.364. The summed E-state index contributed by atoms with van der Waals surface area (Å²) in [5.74, 6) is -0.114. The number of hydrogen-bond donors (Lipinski definition) is 4. The van der Waals surface area contributed by atoms with Gasteiger partial charge >= 0.3 is 5.97 Å². The summed E-state index contributed by atoms with van der Waals surface area (Å²) in [4.78, 5) is 14.2. The zero-order valence-corrected chi connectivity index (χ0v) is 10.4. The van der Waals surface area contributed by atoms with E-state index in [-0.39, 0.29) is 18.0 Å². The minimum absolute atomic E-state index is 0.250. The van der Waals surface area contributed by atoms with Gasteiger partial charge in [-0.05, 0) is 12.1 Å². The van der Waals surface area contributed by atoms with E-state index in [1.807, 2.05) is 6.07 Å². The molecule has 2 rings (SSSR count). The van der Waals surface area contributed by atoms with Crippen LogP contribution in [0.1, 0.15) is 16.2 Å². The van der Waals surface area contributed by atoms with E-state index in [0.717, 1.165) is 18.8 Å². The van der Waals surface area contributed by atoms with Crippen LogP contribution < -0.4 is 10.6 Å². The molecule has 2 atom stereocenters. The Balaban J connectivity index is 1.76. The molecule has 6 nitrogen and oxygen atoms in total. The highest BCUT2D eigenvalue weighted by molar-refractivity contribution is 5.87. The van der Waals surface area contributed by atoms with Crippen LogP contribution in [0, 0.1) is 5.92 Å². The third kappa shape index (κ3) is 3.10. The first-order valence-corrected chi connectivity index (χ1v) is 6.06. The number of aliphatic hydroxyl groups excluding tert-OH is 1. The smallest absolute Gasteiger partial charge is 0.354 e. The molecular weight excluding hydrogens is 234 g/mol. The molecule has 1 aliphatic heterocycles. The van der Waals surface area contributed by atoms with Crippen LogP contribution in [-0.2, 0) is 11.3 Å². The molecule has 0 spiro atoms. The van der Waals surface area contributed by atoms with Gasteiger partial charge in [-0.15, -0.1) is 0 Å². The number of rotatable bonds is 5. The Morgan fingerprint density at radius 3 is 3.06 bits per heavy atom. The van der Waals surface area contributed by atoms with Crippen molar-refractivity contribution in [2.45, 2.75) is 12.6 Å². The SMILES string of the molecule is COC(=O)c1ccc(CNCC2CNCC2O)[nH]1. The molecule has 0 saturated carbocycles. The number of β-amino-alcohol motifs (C(OH)–C–C–N with tert-alkyl or cyclic N) is 1. The van der Waals surface area contributed by atoms with Crippen molar-refractivity contribution in [3.05, 3.63) is 23.5 Å². The number of aromatic amines is 1. The second kappa shape index (κ2) is 5.99. The van der Waals surface area contributed by atoms with E-state index in [1.165, 1.54) is 7.11 Å². The number of aromatic nitrogens is 1. The highest BCUT2D eigenvalue weighted by atomic mass is 16.5. The summed E-state index contributed by atoms with van der Waals surface area (Å²) in [7, 11) is 1.36. The Hall–Kier alpha value is -1.37. The van der Waals surface area contributed by atoms with E-state index in [4.69, 9.17) is 0 Å². The quantitative estimate of drug-likeness (QED) is 0.530. The molecule has 0 aromatic carbocycles. The molecule has 1 aliphatic rings. The summed E-state index contributed by atoms with van der Waals surface area (Å²) in [5.41, 5.74) is 1.38. The normalized spacial score (nSPS) is 23.2. The number of methoxy groups -OCH3 is 1. The van der Waals surface area contributed by atoms with Crippen LogP contribution in [0.15, 0.2) is 12.1 Å². The van der Waals surface area contributed by atoms with Crippen molar-refractivity contribution in [2.75, 3.05) is 26.7 Å². The van der Waals surface area contributed by atoms with Gasteiger partial charge in [0.05, 0.1) is 13.2 Å². The van der Waals surface area contributed by atoms with Crippen molar-refractivity contribution in [2.24, 2.45) is 5.92 Å². The Morgan fingerprint density at radius 2 is 2.39 bits per heavy atom. The molecule has 4 N–H and O–H groups in total. The van der Waals surface area contributed by atoms with Crippen molar-refractivity contribution in [3.8, 4) is 0 Å². The van der Waals surface area contributed by atoms with Crippen LogP contribution in [-0.4, -0.2) is 48.9 Å². The van der Waals surface area contributed by atoms with Gasteiger partial charge in [0.2, 0.25) is 0 Å². The number of nitrogens with one attached hydrogen (secondary N) is 3. The van der Waals surface area contributed by atoms with Crippen LogP contribution >= 0.6 is 0 Å². The number of hydrogen-bond acceptors (Lipinski definition) is 5. The number of carbonyl (C=O) groups excluding carboxylic acids is 1. The lowest BCUT2D eigenvalue weighted by molar-refractivity contribution is 0.0594. The molecule has 0 radical (unpaired) electrons. The van der Waals surface area contributed by atoms with Crippen molar-refractivity contribution in [3.63, 3.8) is 0 Å². The summed E-state index contributed by atoms with van der Waals surface area (Å²) < 4.78 is 4.62. The number of esters is 1. The second-order valence-corrected chi connectivity index (χ2v) is 4.51. The first kappa shape index (κ1) is 13.1. The predicted molar refractivity (Wildman–Crippen MR) is 66.2 cm³/mol. The van der Waals surface area contributed by atoms with E-state index >= 15 is 0 Å². The van der Waals surface area contributed by atoms with E-state index in [0.29, 0.717) is 18.8 Å². The van der Waals surface area contributed by atoms with E-state index in [9.17, 15) is 9.90 Å². The molecule has 1 fully saturated rings. The molecule has 2 heterocycles. The number of H-pyrrole nitrogens is 1. The first-order valence-electron chi connectivity index (χ1n) is 6.06. The molecule has 6 heteroatoms. The van der Waals surface area contributed by atoms with Gasteiger partial charge in [-0.3, -0.25) is 0 Å². The molecule has 0 aliphatic carbocycles. The van der Waals surface area contributed by atoms with Gasteiger partial charge in [0, 0.05) is 37.8 Å². The fourth-order valence-electron chi connectivity index (χ4n) is 2.09. The van der Waals surface area contributed by atoms with Gasteiger partial charge in [0.25, 0.3) is 0 Å². The molecule has 2 unspecified atom stereocenters. The summed E-state index contributed by atoms with van der Waals surface area (Å²) >= 11 is 0. The molecule has 1 aromatic heterocycles. The van der Waals surface area contributed by atoms with E-state index in [2.05, 4.69) is 20.4 Å². The molecular formula is C12H19N3O3. The molecule has 0 amide bonds. The van der Waals surface area contributed by atoms with Gasteiger partial charge in [0.1, 0.15) is 5.69 Å². The fourth-order valence-corrected chi connectivity index (χ4v) is 2.09. The topological polar surface area (TPSA) is 86.4 Å². The Kier molecular flexibility index (Phi) is 4.35. The van der Waals surface area contributed by atoms with Gasteiger partial charge in [-0.2, -0.15) is 0 Å². The average Bonchev–Trinajstić information content (AvgIpc) is 2.99. The summed E-state index contributed by atoms with van der Waals surface area (Å²) in [6, 6.07) is 3.55. The van der Waals surface area contributed by atoms with Gasteiger partial charge in [-0.25, -0.2) is 4.79 Å². The highest BCUT2D eigenvalue weighted by Crippen LogP contribution is 2.08.